The third kappa shape index (κ3) is 3.46. The Bertz CT molecular complexity index is 833. The lowest BCUT2D eigenvalue weighted by molar-refractivity contribution is -0.386. The Balaban J connectivity index is 1.73. The molecule has 0 fully saturated rings. The number of nitro benzene ring substituents is 1. The molecule has 0 aliphatic rings. The van der Waals surface area contributed by atoms with E-state index in [9.17, 15) is 10.1 Å². The molecule has 0 saturated heterocycles. The lowest BCUT2D eigenvalue weighted by Gasteiger charge is -2.03. The largest absolute Gasteiger partial charge is 0.477 e. The first kappa shape index (κ1) is 15.0. The molecule has 0 N–H and O–H groups in total. The fourth-order valence-electron chi connectivity index (χ4n) is 1.90. The fraction of sp³-hybridized carbons (Fsp3) is 0.0667. The number of para-hydroxylation sites is 2. The highest BCUT2D eigenvalue weighted by Crippen LogP contribution is 2.26. The molecule has 1 heterocycles. The predicted octanol–water partition coefficient (Wildman–Crippen LogP) is 3.88. The van der Waals surface area contributed by atoms with Crippen LogP contribution in [0.5, 0.6) is 5.75 Å². The van der Waals surface area contributed by atoms with Gasteiger partial charge in [0.1, 0.15) is 0 Å². The first-order valence-electron chi connectivity index (χ1n) is 6.58. The summed E-state index contributed by atoms with van der Waals surface area (Å²) in [6, 6.07) is 13.1. The lowest BCUT2D eigenvalue weighted by Crippen LogP contribution is -1.99. The van der Waals surface area contributed by atoms with E-state index in [-0.39, 0.29) is 23.9 Å². The standard InChI is InChI=1S/C15H10ClN3O4/c16-11-7-5-10(6-8-11)15-17-14(23-18-15)9-22-13-4-2-1-3-12(13)19(20)21/h1-8H,9H2. The molecule has 7 nitrogen and oxygen atoms in total. The molecule has 0 atom stereocenters. The van der Waals surface area contributed by atoms with Crippen LogP contribution in [0.2, 0.25) is 5.02 Å². The van der Waals surface area contributed by atoms with Gasteiger partial charge in [0, 0.05) is 16.7 Å². The second-order valence-corrected chi connectivity index (χ2v) is 4.97. The van der Waals surface area contributed by atoms with Crippen LogP contribution in [0.25, 0.3) is 11.4 Å². The number of hydrogen-bond donors (Lipinski definition) is 0. The van der Waals surface area contributed by atoms with Crippen LogP contribution in [0.4, 0.5) is 5.69 Å². The summed E-state index contributed by atoms with van der Waals surface area (Å²) in [5.41, 5.74) is 0.625. The molecule has 116 valence electrons. The third-order valence-electron chi connectivity index (χ3n) is 2.98. The smallest absolute Gasteiger partial charge is 0.310 e. The van der Waals surface area contributed by atoms with E-state index in [2.05, 4.69) is 10.1 Å². The zero-order valence-electron chi connectivity index (χ0n) is 11.7. The molecular weight excluding hydrogens is 322 g/mol. The molecule has 0 unspecified atom stereocenters. The van der Waals surface area contributed by atoms with Gasteiger partial charge in [0.05, 0.1) is 4.92 Å². The minimum absolute atomic E-state index is 0.0640. The Kier molecular flexibility index (Phi) is 4.20. The van der Waals surface area contributed by atoms with Crippen molar-refractivity contribution < 1.29 is 14.2 Å². The Morgan fingerprint density at radius 3 is 2.65 bits per heavy atom. The van der Waals surface area contributed by atoms with Crippen molar-refractivity contribution in [3.8, 4) is 17.1 Å². The molecule has 23 heavy (non-hydrogen) atoms. The second kappa shape index (κ2) is 6.45. The van der Waals surface area contributed by atoms with Crippen LogP contribution in [-0.2, 0) is 6.61 Å². The quantitative estimate of drug-likeness (QED) is 0.520. The van der Waals surface area contributed by atoms with Crippen molar-refractivity contribution in [3.63, 3.8) is 0 Å². The van der Waals surface area contributed by atoms with E-state index < -0.39 is 4.92 Å². The molecule has 1 aromatic heterocycles. The van der Waals surface area contributed by atoms with Crippen LogP contribution in [0.3, 0.4) is 0 Å². The van der Waals surface area contributed by atoms with Crippen molar-refractivity contribution in [1.82, 2.24) is 10.1 Å². The molecule has 0 spiro atoms. The van der Waals surface area contributed by atoms with Gasteiger partial charge in [-0.2, -0.15) is 4.98 Å². The Morgan fingerprint density at radius 2 is 1.91 bits per heavy atom. The summed E-state index contributed by atoms with van der Waals surface area (Å²) in [5, 5.41) is 15.4. The number of rotatable bonds is 5. The minimum atomic E-state index is -0.512. The Morgan fingerprint density at radius 1 is 1.17 bits per heavy atom. The number of ether oxygens (including phenoxy) is 1. The van der Waals surface area contributed by atoms with Gasteiger partial charge in [-0.25, -0.2) is 0 Å². The van der Waals surface area contributed by atoms with Crippen LogP contribution in [0, 0.1) is 10.1 Å². The molecule has 0 saturated carbocycles. The molecule has 0 amide bonds. The summed E-state index contributed by atoms with van der Waals surface area (Å²) in [6.07, 6.45) is 0. The first-order valence-corrected chi connectivity index (χ1v) is 6.96. The second-order valence-electron chi connectivity index (χ2n) is 4.53. The zero-order chi connectivity index (χ0) is 16.2. The normalized spacial score (nSPS) is 10.5. The molecule has 3 aromatic rings. The minimum Gasteiger partial charge on any atom is -0.477 e. The summed E-state index contributed by atoms with van der Waals surface area (Å²) in [5.74, 6) is 0.750. The summed E-state index contributed by atoms with van der Waals surface area (Å²) < 4.78 is 10.5. The molecular formula is C15H10ClN3O4. The molecule has 0 aliphatic carbocycles. The van der Waals surface area contributed by atoms with Crippen LogP contribution >= 0.6 is 11.6 Å². The summed E-state index contributed by atoms with van der Waals surface area (Å²) in [4.78, 5) is 14.6. The number of hydrogen-bond acceptors (Lipinski definition) is 6. The van der Waals surface area contributed by atoms with Gasteiger partial charge >= 0.3 is 5.69 Å². The molecule has 3 rings (SSSR count). The summed E-state index contributed by atoms with van der Waals surface area (Å²) in [7, 11) is 0. The molecule has 0 bridgehead atoms. The van der Waals surface area contributed by atoms with Gasteiger partial charge in [0.2, 0.25) is 5.82 Å². The number of halogens is 1. The lowest BCUT2D eigenvalue weighted by atomic mass is 10.2. The van der Waals surface area contributed by atoms with E-state index >= 15 is 0 Å². The maximum absolute atomic E-state index is 10.9. The SMILES string of the molecule is O=[N+]([O-])c1ccccc1OCc1nc(-c2ccc(Cl)cc2)no1. The summed E-state index contributed by atoms with van der Waals surface area (Å²) >= 11 is 5.82. The van der Waals surface area contributed by atoms with Crippen LogP contribution in [-0.4, -0.2) is 15.1 Å². The van der Waals surface area contributed by atoms with E-state index in [0.29, 0.717) is 10.8 Å². The topological polar surface area (TPSA) is 91.3 Å². The first-order chi connectivity index (χ1) is 11.1. The van der Waals surface area contributed by atoms with Crippen molar-refractivity contribution in [1.29, 1.82) is 0 Å². The Labute approximate surface area is 135 Å². The van der Waals surface area contributed by atoms with Gasteiger partial charge in [0.15, 0.2) is 12.4 Å². The Hall–Kier alpha value is -2.93. The number of nitrogens with zero attached hydrogens (tertiary/aromatic N) is 3. The van der Waals surface area contributed by atoms with Gasteiger partial charge in [-0.15, -0.1) is 0 Å². The van der Waals surface area contributed by atoms with Crippen molar-refractivity contribution in [2.24, 2.45) is 0 Å². The maximum Gasteiger partial charge on any atom is 0.310 e. The summed E-state index contributed by atoms with van der Waals surface area (Å²) in [6.45, 7) is -0.0640. The van der Waals surface area contributed by atoms with Crippen molar-refractivity contribution in [2.45, 2.75) is 6.61 Å². The van der Waals surface area contributed by atoms with Crippen molar-refractivity contribution >= 4 is 17.3 Å². The molecule has 0 radical (unpaired) electrons. The zero-order valence-corrected chi connectivity index (χ0v) is 12.4. The van der Waals surface area contributed by atoms with Gasteiger partial charge < -0.3 is 9.26 Å². The fourth-order valence-corrected chi connectivity index (χ4v) is 2.03. The number of aromatic nitrogens is 2. The highest BCUT2D eigenvalue weighted by atomic mass is 35.5. The molecule has 8 heteroatoms. The average Bonchev–Trinajstić information content (AvgIpc) is 3.03. The van der Waals surface area contributed by atoms with Crippen LogP contribution in [0.1, 0.15) is 5.89 Å². The van der Waals surface area contributed by atoms with Crippen molar-refractivity contribution in [2.75, 3.05) is 0 Å². The molecule has 2 aromatic carbocycles. The van der Waals surface area contributed by atoms with E-state index in [1.54, 1.807) is 36.4 Å². The third-order valence-corrected chi connectivity index (χ3v) is 3.24. The van der Waals surface area contributed by atoms with E-state index in [1.807, 2.05) is 0 Å². The average molecular weight is 332 g/mol. The highest BCUT2D eigenvalue weighted by Gasteiger charge is 2.15. The van der Waals surface area contributed by atoms with Crippen LogP contribution < -0.4 is 4.74 Å². The van der Waals surface area contributed by atoms with Crippen LogP contribution in [0.15, 0.2) is 53.1 Å². The van der Waals surface area contributed by atoms with E-state index in [1.165, 1.54) is 12.1 Å². The van der Waals surface area contributed by atoms with Gasteiger partial charge in [-0.3, -0.25) is 10.1 Å². The number of benzene rings is 2. The maximum atomic E-state index is 10.9. The highest BCUT2D eigenvalue weighted by molar-refractivity contribution is 6.30. The molecule has 0 aliphatic heterocycles. The monoisotopic (exact) mass is 331 g/mol. The van der Waals surface area contributed by atoms with Gasteiger partial charge in [-0.05, 0) is 30.3 Å². The van der Waals surface area contributed by atoms with E-state index in [4.69, 9.17) is 20.9 Å². The number of nitro groups is 1. The predicted molar refractivity (Wildman–Crippen MR) is 82.2 cm³/mol. The van der Waals surface area contributed by atoms with Gasteiger partial charge in [0.25, 0.3) is 5.89 Å². The van der Waals surface area contributed by atoms with E-state index in [0.717, 1.165) is 5.56 Å². The van der Waals surface area contributed by atoms with Gasteiger partial charge in [-0.1, -0.05) is 28.9 Å². The van der Waals surface area contributed by atoms with Crippen molar-refractivity contribution in [3.05, 3.63) is 69.6 Å².